The number of hydrogen-bond acceptors (Lipinski definition) is 4. The summed E-state index contributed by atoms with van der Waals surface area (Å²) in [5.74, 6) is 4.47. The van der Waals surface area contributed by atoms with Gasteiger partial charge in [0, 0.05) is 18.7 Å². The summed E-state index contributed by atoms with van der Waals surface area (Å²) in [4.78, 5) is 28.0. The van der Waals surface area contributed by atoms with Gasteiger partial charge in [0.25, 0.3) is 11.8 Å². The second-order valence-corrected chi connectivity index (χ2v) is 3.45. The molecule has 0 aromatic carbocycles. The van der Waals surface area contributed by atoms with E-state index >= 15 is 0 Å². The number of hydrogen-bond donors (Lipinski definition) is 1. The minimum Gasteiger partial charge on any atom is -0.412 e. The number of unbranched alkanes of at least 4 members (excludes halogenated alkanes) is 3. The first-order valence-electron chi connectivity index (χ1n) is 5.11. The van der Waals surface area contributed by atoms with Crippen molar-refractivity contribution in [3.05, 3.63) is 12.2 Å². The van der Waals surface area contributed by atoms with Crippen LogP contribution >= 0.6 is 0 Å². The van der Waals surface area contributed by atoms with Crippen molar-refractivity contribution in [2.75, 3.05) is 13.2 Å². The van der Waals surface area contributed by atoms with E-state index in [0.717, 1.165) is 25.7 Å². The summed E-state index contributed by atoms with van der Waals surface area (Å²) in [6.07, 6.45) is 6.34. The summed E-state index contributed by atoms with van der Waals surface area (Å²) in [6.45, 7) is 1.07. The van der Waals surface area contributed by atoms with Crippen molar-refractivity contribution < 1.29 is 19.9 Å². The molecule has 4 N–H and O–H groups in total. The maximum absolute atomic E-state index is 11.1. The molecule has 92 valence electrons. The molecule has 2 amide bonds. The molecule has 0 aromatic heterocycles. The highest BCUT2D eigenvalue weighted by Gasteiger charge is 2.21. The lowest BCUT2D eigenvalue weighted by molar-refractivity contribution is -0.136. The molecule has 0 fully saturated rings. The van der Waals surface area contributed by atoms with Gasteiger partial charge in [-0.1, -0.05) is 12.8 Å². The standard InChI is InChI=1S/C10H16N2O3.H2O/c11-15-8-4-2-1-3-7-12-9(13)5-6-10(12)14;/h5-6H,1-4,7-8,11H2;1H2. The van der Waals surface area contributed by atoms with Gasteiger partial charge in [0.05, 0.1) is 6.61 Å². The second kappa shape index (κ2) is 7.98. The molecule has 1 heterocycles. The average molecular weight is 230 g/mol. The molecule has 1 aliphatic rings. The maximum Gasteiger partial charge on any atom is 0.253 e. The maximum atomic E-state index is 11.1. The first-order valence-corrected chi connectivity index (χ1v) is 5.11. The Balaban J connectivity index is 0.00000225. The van der Waals surface area contributed by atoms with Gasteiger partial charge in [0.1, 0.15) is 0 Å². The van der Waals surface area contributed by atoms with Gasteiger partial charge in [-0.15, -0.1) is 0 Å². The Kier molecular flexibility index (Phi) is 7.36. The Hall–Kier alpha value is -1.24. The van der Waals surface area contributed by atoms with Crippen LogP contribution in [0.2, 0.25) is 0 Å². The van der Waals surface area contributed by atoms with E-state index in [2.05, 4.69) is 4.84 Å². The third-order valence-corrected chi connectivity index (χ3v) is 2.29. The molecule has 6 heteroatoms. The van der Waals surface area contributed by atoms with E-state index in [9.17, 15) is 9.59 Å². The van der Waals surface area contributed by atoms with Crippen LogP contribution in [0.3, 0.4) is 0 Å². The number of carbonyl (C=O) groups is 2. The number of nitrogens with two attached hydrogens (primary N) is 1. The molecule has 1 aliphatic heterocycles. The molecule has 0 unspecified atom stereocenters. The van der Waals surface area contributed by atoms with E-state index in [1.165, 1.54) is 17.1 Å². The fraction of sp³-hybridized carbons (Fsp3) is 0.600. The lowest BCUT2D eigenvalue weighted by Crippen LogP contribution is -2.30. The minimum absolute atomic E-state index is 0. The largest absolute Gasteiger partial charge is 0.412 e. The highest BCUT2D eigenvalue weighted by Crippen LogP contribution is 2.07. The van der Waals surface area contributed by atoms with Crippen LogP contribution in [0.5, 0.6) is 0 Å². The Bertz CT molecular complexity index is 248. The molecular formula is C10H18N2O4. The molecule has 0 saturated carbocycles. The van der Waals surface area contributed by atoms with Crippen LogP contribution in [0.4, 0.5) is 0 Å². The van der Waals surface area contributed by atoms with Crippen LogP contribution in [0.1, 0.15) is 25.7 Å². The Morgan fingerprint density at radius 3 is 2.19 bits per heavy atom. The van der Waals surface area contributed by atoms with Gasteiger partial charge in [-0.05, 0) is 12.8 Å². The zero-order chi connectivity index (χ0) is 11.1. The van der Waals surface area contributed by atoms with Crippen LogP contribution in [0.15, 0.2) is 12.2 Å². The third-order valence-electron chi connectivity index (χ3n) is 2.29. The van der Waals surface area contributed by atoms with Gasteiger partial charge in [0.2, 0.25) is 0 Å². The topological polar surface area (TPSA) is 104 Å². The summed E-state index contributed by atoms with van der Waals surface area (Å²) in [5, 5.41) is 0. The Morgan fingerprint density at radius 1 is 1.06 bits per heavy atom. The number of carbonyl (C=O) groups excluding carboxylic acids is 2. The van der Waals surface area contributed by atoms with E-state index in [1.54, 1.807) is 0 Å². The quantitative estimate of drug-likeness (QED) is 0.363. The van der Waals surface area contributed by atoms with E-state index in [0.29, 0.717) is 13.2 Å². The predicted molar refractivity (Wildman–Crippen MR) is 58.1 cm³/mol. The lowest BCUT2D eigenvalue weighted by Gasteiger charge is -2.12. The second-order valence-electron chi connectivity index (χ2n) is 3.45. The molecule has 0 radical (unpaired) electrons. The third kappa shape index (κ3) is 4.52. The number of rotatable bonds is 7. The van der Waals surface area contributed by atoms with Crippen molar-refractivity contribution in [2.24, 2.45) is 5.90 Å². The highest BCUT2D eigenvalue weighted by molar-refractivity contribution is 6.12. The molecule has 0 spiro atoms. The number of imide groups is 1. The van der Waals surface area contributed by atoms with Gasteiger partial charge in [0.15, 0.2) is 0 Å². The van der Waals surface area contributed by atoms with Gasteiger partial charge in [-0.3, -0.25) is 14.5 Å². The van der Waals surface area contributed by atoms with Crippen molar-refractivity contribution in [3.63, 3.8) is 0 Å². The van der Waals surface area contributed by atoms with Crippen LogP contribution in [0, 0.1) is 0 Å². The molecule has 0 atom stereocenters. The number of amides is 2. The van der Waals surface area contributed by atoms with E-state index < -0.39 is 0 Å². The summed E-state index contributed by atoms with van der Waals surface area (Å²) in [6, 6.07) is 0. The van der Waals surface area contributed by atoms with Gasteiger partial charge >= 0.3 is 0 Å². The highest BCUT2D eigenvalue weighted by atomic mass is 16.6. The summed E-state index contributed by atoms with van der Waals surface area (Å²) in [5.41, 5.74) is 0. The zero-order valence-corrected chi connectivity index (χ0v) is 9.15. The zero-order valence-electron chi connectivity index (χ0n) is 9.15. The number of nitrogens with zero attached hydrogens (tertiary/aromatic N) is 1. The van der Waals surface area contributed by atoms with Gasteiger partial charge in [-0.2, -0.15) is 0 Å². The predicted octanol–water partition coefficient (Wildman–Crippen LogP) is -0.463. The average Bonchev–Trinajstić information content (AvgIpc) is 2.54. The summed E-state index contributed by atoms with van der Waals surface area (Å²) in [7, 11) is 0. The van der Waals surface area contributed by atoms with Crippen LogP contribution in [-0.2, 0) is 14.4 Å². The monoisotopic (exact) mass is 230 g/mol. The molecule has 0 aromatic rings. The fourth-order valence-electron chi connectivity index (χ4n) is 1.46. The van der Waals surface area contributed by atoms with Crippen molar-refractivity contribution in [1.82, 2.24) is 4.90 Å². The van der Waals surface area contributed by atoms with Crippen LogP contribution in [-0.4, -0.2) is 35.3 Å². The molecule has 0 aliphatic carbocycles. The fourth-order valence-corrected chi connectivity index (χ4v) is 1.46. The molecule has 0 saturated heterocycles. The van der Waals surface area contributed by atoms with Gasteiger partial charge < -0.3 is 10.3 Å². The Labute approximate surface area is 94.3 Å². The Morgan fingerprint density at radius 2 is 1.62 bits per heavy atom. The minimum atomic E-state index is -0.203. The van der Waals surface area contributed by atoms with Gasteiger partial charge in [-0.25, -0.2) is 5.90 Å². The van der Waals surface area contributed by atoms with Crippen molar-refractivity contribution >= 4 is 11.8 Å². The summed E-state index contributed by atoms with van der Waals surface area (Å²) < 4.78 is 0. The van der Waals surface area contributed by atoms with E-state index in [1.807, 2.05) is 0 Å². The van der Waals surface area contributed by atoms with Crippen molar-refractivity contribution in [2.45, 2.75) is 25.7 Å². The summed E-state index contributed by atoms with van der Waals surface area (Å²) >= 11 is 0. The first-order chi connectivity index (χ1) is 7.25. The first kappa shape index (κ1) is 14.8. The molecular weight excluding hydrogens is 212 g/mol. The SMILES string of the molecule is NOCCCCCCN1C(=O)C=CC1=O.O. The smallest absolute Gasteiger partial charge is 0.253 e. The molecule has 6 nitrogen and oxygen atoms in total. The molecule has 1 rings (SSSR count). The molecule has 0 bridgehead atoms. The van der Waals surface area contributed by atoms with Crippen molar-refractivity contribution in [1.29, 1.82) is 0 Å². The normalized spacial score (nSPS) is 14.4. The van der Waals surface area contributed by atoms with Crippen LogP contribution < -0.4 is 5.90 Å². The van der Waals surface area contributed by atoms with E-state index in [4.69, 9.17) is 5.90 Å². The lowest BCUT2D eigenvalue weighted by atomic mass is 10.2. The van der Waals surface area contributed by atoms with Crippen LogP contribution in [0.25, 0.3) is 0 Å². The van der Waals surface area contributed by atoms with E-state index in [-0.39, 0.29) is 17.3 Å². The van der Waals surface area contributed by atoms with Crippen molar-refractivity contribution in [3.8, 4) is 0 Å². The molecule has 16 heavy (non-hydrogen) atoms.